The summed E-state index contributed by atoms with van der Waals surface area (Å²) in [5, 5.41) is 9.13. The highest BCUT2D eigenvalue weighted by Gasteiger charge is 2.32. The smallest absolute Gasteiger partial charge is 0.308 e. The largest absolute Gasteiger partial charge is 0.481 e. The molecule has 0 radical (unpaired) electrons. The standard InChI is InChI=1S/C11H21NO3/c1-12(7-8-15-2)10-6-4-3-5-9(10)11(13)14/h9-10H,3-8H2,1-2H3,(H,13,14). The van der Waals surface area contributed by atoms with Crippen molar-refractivity contribution < 1.29 is 14.6 Å². The average molecular weight is 215 g/mol. The molecule has 15 heavy (non-hydrogen) atoms. The Bertz CT molecular complexity index is 208. The zero-order valence-corrected chi connectivity index (χ0v) is 9.61. The summed E-state index contributed by atoms with van der Waals surface area (Å²) in [4.78, 5) is 13.2. The lowest BCUT2D eigenvalue weighted by Crippen LogP contribution is -2.44. The maximum Gasteiger partial charge on any atom is 0.308 e. The molecule has 1 aliphatic rings. The number of hydrogen-bond acceptors (Lipinski definition) is 3. The van der Waals surface area contributed by atoms with E-state index in [1.54, 1.807) is 7.11 Å². The molecule has 0 amide bonds. The Morgan fingerprint density at radius 1 is 1.47 bits per heavy atom. The molecule has 1 rings (SSSR count). The van der Waals surface area contributed by atoms with Gasteiger partial charge in [0.05, 0.1) is 12.5 Å². The van der Waals surface area contributed by atoms with Gasteiger partial charge in [0.15, 0.2) is 0 Å². The van der Waals surface area contributed by atoms with E-state index in [2.05, 4.69) is 4.90 Å². The topological polar surface area (TPSA) is 49.8 Å². The van der Waals surface area contributed by atoms with Crippen molar-refractivity contribution in [3.05, 3.63) is 0 Å². The maximum absolute atomic E-state index is 11.1. The van der Waals surface area contributed by atoms with E-state index < -0.39 is 5.97 Å². The van der Waals surface area contributed by atoms with Gasteiger partial charge in [0.25, 0.3) is 0 Å². The van der Waals surface area contributed by atoms with E-state index in [-0.39, 0.29) is 12.0 Å². The summed E-state index contributed by atoms with van der Waals surface area (Å²) in [7, 11) is 3.66. The summed E-state index contributed by atoms with van der Waals surface area (Å²) >= 11 is 0. The third-order valence-corrected chi connectivity index (χ3v) is 3.26. The predicted molar refractivity (Wildman–Crippen MR) is 57.9 cm³/mol. The number of rotatable bonds is 5. The van der Waals surface area contributed by atoms with Gasteiger partial charge in [0.1, 0.15) is 0 Å². The first-order valence-corrected chi connectivity index (χ1v) is 5.58. The van der Waals surface area contributed by atoms with Crippen LogP contribution in [0.25, 0.3) is 0 Å². The number of likely N-dealkylation sites (N-methyl/N-ethyl adjacent to an activating group) is 1. The molecule has 0 bridgehead atoms. The van der Waals surface area contributed by atoms with Crippen LogP contribution in [0.1, 0.15) is 25.7 Å². The van der Waals surface area contributed by atoms with Crippen molar-refractivity contribution in [3.63, 3.8) is 0 Å². The van der Waals surface area contributed by atoms with Gasteiger partial charge < -0.3 is 14.7 Å². The van der Waals surface area contributed by atoms with Crippen LogP contribution in [0.3, 0.4) is 0 Å². The summed E-state index contributed by atoms with van der Waals surface area (Å²) in [6.45, 7) is 1.48. The minimum Gasteiger partial charge on any atom is -0.481 e. The Hall–Kier alpha value is -0.610. The number of aliphatic carboxylic acids is 1. The number of nitrogens with zero attached hydrogens (tertiary/aromatic N) is 1. The van der Waals surface area contributed by atoms with Gasteiger partial charge in [-0.2, -0.15) is 0 Å². The molecule has 88 valence electrons. The number of carboxylic acid groups (broad SMARTS) is 1. The summed E-state index contributed by atoms with van der Waals surface area (Å²) < 4.78 is 5.01. The SMILES string of the molecule is COCCN(C)C1CCCCC1C(=O)O. The van der Waals surface area contributed by atoms with Gasteiger partial charge in [-0.15, -0.1) is 0 Å². The Kier molecular flexibility index (Phi) is 5.05. The zero-order chi connectivity index (χ0) is 11.3. The summed E-state index contributed by atoms with van der Waals surface area (Å²) in [5.41, 5.74) is 0. The minimum atomic E-state index is -0.649. The van der Waals surface area contributed by atoms with E-state index in [1.807, 2.05) is 7.05 Å². The molecule has 4 heteroatoms. The van der Waals surface area contributed by atoms with Crippen LogP contribution in [0, 0.1) is 5.92 Å². The van der Waals surface area contributed by atoms with Crippen LogP contribution < -0.4 is 0 Å². The number of hydrogen-bond donors (Lipinski definition) is 1. The van der Waals surface area contributed by atoms with E-state index in [4.69, 9.17) is 9.84 Å². The molecule has 0 aliphatic heterocycles. The molecule has 1 N–H and O–H groups in total. The Labute approximate surface area is 91.2 Å². The van der Waals surface area contributed by atoms with Crippen molar-refractivity contribution in [1.82, 2.24) is 4.90 Å². The zero-order valence-electron chi connectivity index (χ0n) is 9.61. The highest BCUT2D eigenvalue weighted by Crippen LogP contribution is 2.27. The Morgan fingerprint density at radius 3 is 2.73 bits per heavy atom. The maximum atomic E-state index is 11.1. The number of carboxylic acids is 1. The van der Waals surface area contributed by atoms with Crippen LogP contribution in [0.15, 0.2) is 0 Å². The lowest BCUT2D eigenvalue weighted by atomic mass is 9.84. The van der Waals surface area contributed by atoms with Crippen molar-refractivity contribution in [1.29, 1.82) is 0 Å². The fourth-order valence-electron chi connectivity index (χ4n) is 2.33. The second-order valence-electron chi connectivity index (χ2n) is 4.27. The first-order chi connectivity index (χ1) is 7.16. The molecule has 1 saturated carbocycles. The molecule has 0 aromatic carbocycles. The molecule has 0 saturated heterocycles. The molecule has 1 aliphatic carbocycles. The van der Waals surface area contributed by atoms with Crippen LogP contribution in [0.2, 0.25) is 0 Å². The first kappa shape index (κ1) is 12.5. The van der Waals surface area contributed by atoms with Crippen LogP contribution in [0.4, 0.5) is 0 Å². The molecule has 4 nitrogen and oxygen atoms in total. The van der Waals surface area contributed by atoms with Crippen molar-refractivity contribution in [3.8, 4) is 0 Å². The summed E-state index contributed by atoms with van der Waals surface area (Å²) in [5.74, 6) is -0.843. The molecule has 0 spiro atoms. The van der Waals surface area contributed by atoms with Crippen LogP contribution >= 0.6 is 0 Å². The Morgan fingerprint density at radius 2 is 2.13 bits per heavy atom. The summed E-state index contributed by atoms with van der Waals surface area (Å²) in [6, 6.07) is 0.186. The molecule has 2 unspecified atom stereocenters. The van der Waals surface area contributed by atoms with Crippen molar-refractivity contribution in [2.45, 2.75) is 31.7 Å². The molecular weight excluding hydrogens is 194 g/mol. The molecule has 0 aromatic heterocycles. The van der Waals surface area contributed by atoms with Gasteiger partial charge in [-0.05, 0) is 19.9 Å². The monoisotopic (exact) mass is 215 g/mol. The van der Waals surface area contributed by atoms with E-state index in [9.17, 15) is 4.79 Å². The van der Waals surface area contributed by atoms with E-state index >= 15 is 0 Å². The average Bonchev–Trinajstić information content (AvgIpc) is 2.25. The fourth-order valence-corrected chi connectivity index (χ4v) is 2.33. The highest BCUT2D eigenvalue weighted by atomic mass is 16.5. The van der Waals surface area contributed by atoms with Gasteiger partial charge in [0.2, 0.25) is 0 Å². The number of methoxy groups -OCH3 is 1. The van der Waals surface area contributed by atoms with E-state index in [0.717, 1.165) is 32.2 Å². The van der Waals surface area contributed by atoms with Crippen LogP contribution in [-0.2, 0) is 9.53 Å². The van der Waals surface area contributed by atoms with Crippen LogP contribution in [0.5, 0.6) is 0 Å². The van der Waals surface area contributed by atoms with Gasteiger partial charge in [-0.1, -0.05) is 12.8 Å². The first-order valence-electron chi connectivity index (χ1n) is 5.58. The third kappa shape index (κ3) is 3.47. The van der Waals surface area contributed by atoms with Gasteiger partial charge >= 0.3 is 5.97 Å². The number of ether oxygens (including phenoxy) is 1. The molecule has 2 atom stereocenters. The van der Waals surface area contributed by atoms with Gasteiger partial charge in [-0.3, -0.25) is 4.79 Å². The van der Waals surface area contributed by atoms with Gasteiger partial charge in [-0.25, -0.2) is 0 Å². The van der Waals surface area contributed by atoms with Gasteiger partial charge in [0, 0.05) is 19.7 Å². The van der Waals surface area contributed by atoms with E-state index in [1.165, 1.54) is 0 Å². The van der Waals surface area contributed by atoms with Crippen molar-refractivity contribution >= 4 is 5.97 Å². The normalized spacial score (nSPS) is 26.9. The molecule has 0 aromatic rings. The highest BCUT2D eigenvalue weighted by molar-refractivity contribution is 5.71. The summed E-state index contributed by atoms with van der Waals surface area (Å²) in [6.07, 6.45) is 4.01. The second kappa shape index (κ2) is 6.08. The fraction of sp³-hybridized carbons (Fsp3) is 0.909. The minimum absolute atomic E-state index is 0.186. The second-order valence-corrected chi connectivity index (χ2v) is 4.27. The predicted octanol–water partition coefficient (Wildman–Crippen LogP) is 1.21. The lowest BCUT2D eigenvalue weighted by molar-refractivity contribution is -0.145. The number of carbonyl (C=O) groups is 1. The molecule has 0 heterocycles. The molecular formula is C11H21NO3. The van der Waals surface area contributed by atoms with E-state index in [0.29, 0.717) is 6.61 Å². The van der Waals surface area contributed by atoms with Crippen molar-refractivity contribution in [2.75, 3.05) is 27.3 Å². The lowest BCUT2D eigenvalue weighted by Gasteiger charge is -2.35. The quantitative estimate of drug-likeness (QED) is 0.749. The molecule has 1 fully saturated rings. The van der Waals surface area contributed by atoms with Crippen molar-refractivity contribution in [2.24, 2.45) is 5.92 Å². The van der Waals surface area contributed by atoms with Crippen LogP contribution in [-0.4, -0.2) is 49.3 Å². The Balaban J connectivity index is 2.51. The third-order valence-electron chi connectivity index (χ3n) is 3.26.